The zero-order valence-electron chi connectivity index (χ0n) is 5.74. The van der Waals surface area contributed by atoms with Crippen LogP contribution in [0.2, 0.25) is 0 Å². The van der Waals surface area contributed by atoms with Crippen LogP contribution in [-0.4, -0.2) is 11.0 Å². The number of phenols is 1. The molecule has 2 N–H and O–H groups in total. The van der Waals surface area contributed by atoms with Crippen molar-refractivity contribution in [3.8, 4) is 5.75 Å². The summed E-state index contributed by atoms with van der Waals surface area (Å²) in [6.07, 6.45) is 1.09. The van der Waals surface area contributed by atoms with Crippen molar-refractivity contribution in [2.75, 3.05) is 5.32 Å². The van der Waals surface area contributed by atoms with Gasteiger partial charge in [0.15, 0.2) is 0 Å². The summed E-state index contributed by atoms with van der Waals surface area (Å²) in [6, 6.07) is 6.63. The molecule has 0 aromatic heterocycles. The standard InChI is InChI=1S/C8H7NO2/c10-6-5-9-7-3-1-2-4-8(7)11/h1-5,9,11H. The number of anilines is 1. The minimum absolute atomic E-state index is 0.110. The largest absolute Gasteiger partial charge is 0.506 e. The normalized spacial score (nSPS) is 8.36. The fraction of sp³-hybridized carbons (Fsp3) is 0. The van der Waals surface area contributed by atoms with E-state index in [0.717, 1.165) is 6.20 Å². The maximum atomic E-state index is 9.76. The number of aromatic hydroxyl groups is 1. The van der Waals surface area contributed by atoms with Gasteiger partial charge < -0.3 is 10.4 Å². The Balaban J connectivity index is 2.85. The predicted molar refractivity (Wildman–Crippen MR) is 42.0 cm³/mol. The van der Waals surface area contributed by atoms with Crippen molar-refractivity contribution < 1.29 is 9.90 Å². The van der Waals surface area contributed by atoms with Crippen LogP contribution in [0.25, 0.3) is 0 Å². The molecule has 0 aliphatic heterocycles. The lowest BCUT2D eigenvalue weighted by atomic mass is 10.3. The molecule has 1 rings (SSSR count). The molecule has 56 valence electrons. The smallest absolute Gasteiger partial charge is 0.142 e. The number of rotatable bonds is 2. The van der Waals surface area contributed by atoms with Crippen LogP contribution in [0.5, 0.6) is 5.75 Å². The highest BCUT2D eigenvalue weighted by molar-refractivity contribution is 5.61. The number of hydrogen-bond donors (Lipinski definition) is 2. The van der Waals surface area contributed by atoms with Crippen LogP contribution in [0.15, 0.2) is 30.5 Å². The lowest BCUT2D eigenvalue weighted by Gasteiger charge is -2.00. The molecule has 0 amide bonds. The Bertz CT molecular complexity index is 290. The summed E-state index contributed by atoms with van der Waals surface area (Å²) in [4.78, 5) is 9.76. The molecular weight excluding hydrogens is 142 g/mol. The van der Waals surface area contributed by atoms with Crippen molar-refractivity contribution >= 4 is 11.6 Å². The van der Waals surface area contributed by atoms with Crippen LogP contribution >= 0.6 is 0 Å². The maximum Gasteiger partial charge on any atom is 0.142 e. The number of benzene rings is 1. The molecule has 0 spiro atoms. The SMILES string of the molecule is O=C=CNc1ccccc1O. The average Bonchev–Trinajstić information content (AvgIpc) is 2.03. The Morgan fingerprint density at radius 1 is 1.45 bits per heavy atom. The Labute approximate surface area is 64.0 Å². The van der Waals surface area contributed by atoms with E-state index in [1.165, 1.54) is 6.07 Å². The zero-order valence-corrected chi connectivity index (χ0v) is 5.74. The fourth-order valence-electron chi connectivity index (χ4n) is 0.703. The molecule has 11 heavy (non-hydrogen) atoms. The molecule has 0 saturated carbocycles. The third kappa shape index (κ3) is 1.85. The van der Waals surface area contributed by atoms with Crippen LogP contribution < -0.4 is 5.32 Å². The van der Waals surface area contributed by atoms with Crippen LogP contribution in [0.3, 0.4) is 0 Å². The van der Waals surface area contributed by atoms with E-state index < -0.39 is 0 Å². The van der Waals surface area contributed by atoms with Crippen molar-refractivity contribution in [1.82, 2.24) is 0 Å². The molecule has 0 aliphatic rings. The Hall–Kier alpha value is -1.73. The van der Waals surface area contributed by atoms with Crippen molar-refractivity contribution in [3.05, 3.63) is 30.5 Å². The van der Waals surface area contributed by atoms with E-state index in [9.17, 15) is 4.79 Å². The van der Waals surface area contributed by atoms with Crippen molar-refractivity contribution in [2.24, 2.45) is 0 Å². The number of nitrogens with one attached hydrogen (secondary N) is 1. The van der Waals surface area contributed by atoms with Gasteiger partial charge in [0.1, 0.15) is 11.7 Å². The molecule has 1 aromatic rings. The second-order valence-corrected chi connectivity index (χ2v) is 1.92. The first-order valence-electron chi connectivity index (χ1n) is 3.08. The van der Waals surface area contributed by atoms with Gasteiger partial charge in [-0.2, -0.15) is 0 Å². The van der Waals surface area contributed by atoms with Gasteiger partial charge in [-0.25, -0.2) is 4.79 Å². The third-order valence-corrected chi connectivity index (χ3v) is 1.19. The van der Waals surface area contributed by atoms with Crippen molar-refractivity contribution in [1.29, 1.82) is 0 Å². The number of para-hydroxylation sites is 2. The minimum atomic E-state index is 0.110. The van der Waals surface area contributed by atoms with Gasteiger partial charge in [-0.15, -0.1) is 0 Å². The first-order chi connectivity index (χ1) is 5.34. The second kappa shape index (κ2) is 3.44. The monoisotopic (exact) mass is 149 g/mol. The van der Waals surface area contributed by atoms with Gasteiger partial charge in [0.2, 0.25) is 0 Å². The van der Waals surface area contributed by atoms with Gasteiger partial charge >= 0.3 is 0 Å². The molecule has 3 nitrogen and oxygen atoms in total. The Morgan fingerprint density at radius 2 is 2.18 bits per heavy atom. The molecule has 0 unspecified atom stereocenters. The van der Waals surface area contributed by atoms with Gasteiger partial charge in [-0.1, -0.05) is 12.1 Å². The van der Waals surface area contributed by atoms with E-state index in [4.69, 9.17) is 5.11 Å². The van der Waals surface area contributed by atoms with Crippen molar-refractivity contribution in [3.63, 3.8) is 0 Å². The van der Waals surface area contributed by atoms with Crippen LogP contribution in [0.1, 0.15) is 0 Å². The summed E-state index contributed by atoms with van der Waals surface area (Å²) in [7, 11) is 0. The topological polar surface area (TPSA) is 49.3 Å². The zero-order chi connectivity index (χ0) is 8.10. The Morgan fingerprint density at radius 3 is 2.82 bits per heavy atom. The summed E-state index contributed by atoms with van der Waals surface area (Å²) in [6.45, 7) is 0. The number of hydrogen-bond acceptors (Lipinski definition) is 3. The molecule has 1 aromatic carbocycles. The second-order valence-electron chi connectivity index (χ2n) is 1.92. The summed E-state index contributed by atoms with van der Waals surface area (Å²) in [5, 5.41) is 11.7. The molecule has 0 heterocycles. The molecular formula is C8H7NO2. The minimum Gasteiger partial charge on any atom is -0.506 e. The first kappa shape index (κ1) is 7.38. The van der Waals surface area contributed by atoms with E-state index in [1.54, 1.807) is 24.1 Å². The van der Waals surface area contributed by atoms with Gasteiger partial charge in [0.25, 0.3) is 0 Å². The van der Waals surface area contributed by atoms with Gasteiger partial charge in [-0.3, -0.25) is 0 Å². The maximum absolute atomic E-state index is 9.76. The van der Waals surface area contributed by atoms with Crippen molar-refractivity contribution in [2.45, 2.75) is 0 Å². The quantitative estimate of drug-likeness (QED) is 0.489. The lowest BCUT2D eigenvalue weighted by Crippen LogP contribution is -1.86. The van der Waals surface area contributed by atoms with E-state index in [0.29, 0.717) is 5.69 Å². The van der Waals surface area contributed by atoms with Gasteiger partial charge in [-0.05, 0) is 12.1 Å². The van der Waals surface area contributed by atoms with Crippen LogP contribution in [-0.2, 0) is 4.79 Å². The molecule has 0 fully saturated rings. The summed E-state index contributed by atoms with van der Waals surface area (Å²) < 4.78 is 0. The van der Waals surface area contributed by atoms with E-state index >= 15 is 0 Å². The molecule has 3 heteroatoms. The summed E-state index contributed by atoms with van der Waals surface area (Å²) in [5.74, 6) is 1.66. The molecule has 0 radical (unpaired) electrons. The number of carbonyl (C=O) groups excluding carboxylic acids is 1. The molecule has 0 bridgehead atoms. The fourth-order valence-corrected chi connectivity index (χ4v) is 0.703. The highest BCUT2D eigenvalue weighted by Gasteiger charge is 1.93. The molecule has 0 saturated heterocycles. The third-order valence-electron chi connectivity index (χ3n) is 1.19. The summed E-state index contributed by atoms with van der Waals surface area (Å²) in [5.41, 5.74) is 0.496. The highest BCUT2D eigenvalue weighted by Crippen LogP contribution is 2.20. The summed E-state index contributed by atoms with van der Waals surface area (Å²) >= 11 is 0. The van der Waals surface area contributed by atoms with Crippen LogP contribution in [0, 0.1) is 0 Å². The van der Waals surface area contributed by atoms with E-state index in [-0.39, 0.29) is 5.75 Å². The van der Waals surface area contributed by atoms with E-state index in [2.05, 4.69) is 5.32 Å². The highest BCUT2D eigenvalue weighted by atomic mass is 16.3. The predicted octanol–water partition coefficient (Wildman–Crippen LogP) is 1.15. The Kier molecular flexibility index (Phi) is 2.31. The molecule has 0 aliphatic carbocycles. The van der Waals surface area contributed by atoms with Gasteiger partial charge in [0, 0.05) is 0 Å². The van der Waals surface area contributed by atoms with Gasteiger partial charge in [0.05, 0.1) is 11.9 Å². The average molecular weight is 149 g/mol. The van der Waals surface area contributed by atoms with Crippen LogP contribution in [0.4, 0.5) is 5.69 Å². The lowest BCUT2D eigenvalue weighted by molar-refractivity contribution is 0.478. The number of phenolic OH excluding ortho intramolecular Hbond substituents is 1. The van der Waals surface area contributed by atoms with E-state index in [1.807, 2.05) is 0 Å². The first-order valence-corrected chi connectivity index (χ1v) is 3.08. The molecule has 0 atom stereocenters.